The maximum absolute atomic E-state index is 13.0. The number of sulfonamides is 1. The van der Waals surface area contributed by atoms with Gasteiger partial charge in [0.2, 0.25) is 15.8 Å². The number of hydrogen-bond donors (Lipinski definition) is 0. The minimum Gasteiger partial charge on any atom is -0.454 e. The van der Waals surface area contributed by atoms with E-state index in [-0.39, 0.29) is 16.2 Å². The zero-order valence-electron chi connectivity index (χ0n) is 17.9. The number of carbonyl (C=O) groups excluding carboxylic acids is 2. The third-order valence-corrected chi connectivity index (χ3v) is 7.81. The number of aromatic nitrogens is 1. The van der Waals surface area contributed by atoms with Crippen LogP contribution < -0.4 is 0 Å². The van der Waals surface area contributed by atoms with Gasteiger partial charge in [-0.05, 0) is 57.4 Å². The zero-order valence-corrected chi connectivity index (χ0v) is 18.7. The topological polar surface area (TPSA) is 85.7 Å². The second kappa shape index (κ2) is 8.73. The summed E-state index contributed by atoms with van der Waals surface area (Å²) in [6.45, 7) is 6.01. The number of aryl methyl sites for hydroxylation is 2. The van der Waals surface area contributed by atoms with Gasteiger partial charge in [-0.2, -0.15) is 4.31 Å². The number of benzene rings is 1. The molecule has 0 amide bonds. The molecule has 162 valence electrons. The molecule has 7 nitrogen and oxygen atoms in total. The van der Waals surface area contributed by atoms with E-state index >= 15 is 0 Å². The Morgan fingerprint density at radius 3 is 2.30 bits per heavy atom. The van der Waals surface area contributed by atoms with E-state index in [1.807, 2.05) is 25.5 Å². The molecule has 1 aliphatic heterocycles. The molecule has 0 saturated carbocycles. The lowest BCUT2D eigenvalue weighted by Gasteiger charge is -2.26. The van der Waals surface area contributed by atoms with Gasteiger partial charge in [0, 0.05) is 37.1 Å². The lowest BCUT2D eigenvalue weighted by Crippen LogP contribution is -2.36. The van der Waals surface area contributed by atoms with Crippen LogP contribution in [0.3, 0.4) is 0 Å². The summed E-state index contributed by atoms with van der Waals surface area (Å²) in [4.78, 5) is 25.1. The van der Waals surface area contributed by atoms with Crippen LogP contribution >= 0.6 is 0 Å². The van der Waals surface area contributed by atoms with Crippen molar-refractivity contribution in [1.29, 1.82) is 0 Å². The van der Waals surface area contributed by atoms with Crippen molar-refractivity contribution in [2.24, 2.45) is 7.05 Å². The Hall–Kier alpha value is -2.45. The monoisotopic (exact) mass is 432 g/mol. The molecule has 30 heavy (non-hydrogen) atoms. The fourth-order valence-corrected chi connectivity index (χ4v) is 5.45. The first-order chi connectivity index (χ1) is 14.1. The maximum atomic E-state index is 13.0. The lowest BCUT2D eigenvalue weighted by molar-refractivity contribution is 0.0474. The van der Waals surface area contributed by atoms with Gasteiger partial charge in [0.25, 0.3) is 0 Å². The molecule has 3 rings (SSSR count). The van der Waals surface area contributed by atoms with Crippen molar-refractivity contribution >= 4 is 21.8 Å². The van der Waals surface area contributed by atoms with Gasteiger partial charge in [-0.1, -0.05) is 12.5 Å². The highest BCUT2D eigenvalue weighted by Gasteiger charge is 2.28. The van der Waals surface area contributed by atoms with E-state index in [4.69, 9.17) is 4.74 Å². The molecule has 1 aliphatic rings. The van der Waals surface area contributed by atoms with Crippen LogP contribution in [0.25, 0.3) is 0 Å². The van der Waals surface area contributed by atoms with Crippen molar-refractivity contribution in [3.8, 4) is 0 Å². The maximum Gasteiger partial charge on any atom is 0.338 e. The molecule has 1 saturated heterocycles. The van der Waals surface area contributed by atoms with Crippen LogP contribution in [0.15, 0.2) is 29.2 Å². The molecule has 1 fully saturated rings. The number of hydrogen-bond acceptors (Lipinski definition) is 5. The minimum atomic E-state index is -3.67. The van der Waals surface area contributed by atoms with Crippen molar-refractivity contribution in [1.82, 2.24) is 8.87 Å². The normalized spacial score (nSPS) is 15.2. The Bertz CT molecular complexity index is 1080. The fourth-order valence-electron chi connectivity index (χ4n) is 3.68. The molecule has 8 heteroatoms. The Morgan fingerprint density at radius 1 is 1.03 bits per heavy atom. The Morgan fingerprint density at radius 2 is 1.70 bits per heavy atom. The summed E-state index contributed by atoms with van der Waals surface area (Å²) in [5, 5.41) is 0. The average Bonchev–Trinajstić information content (AvgIpc) is 3.00. The van der Waals surface area contributed by atoms with Crippen molar-refractivity contribution in [3.05, 3.63) is 52.3 Å². The van der Waals surface area contributed by atoms with Gasteiger partial charge < -0.3 is 9.30 Å². The molecule has 2 aromatic rings. The molecule has 2 heterocycles. The molecule has 0 radical (unpaired) electrons. The van der Waals surface area contributed by atoms with Crippen LogP contribution in [0.2, 0.25) is 0 Å². The number of Topliss-reactive ketones (excluding diaryl/α,β-unsaturated/α-hetero) is 1. The van der Waals surface area contributed by atoms with Crippen molar-refractivity contribution in [3.63, 3.8) is 0 Å². The van der Waals surface area contributed by atoms with Crippen LogP contribution in [0.5, 0.6) is 0 Å². The number of ether oxygens (including phenoxy) is 1. The summed E-state index contributed by atoms with van der Waals surface area (Å²) in [5.41, 5.74) is 2.95. The quantitative estimate of drug-likeness (QED) is 0.517. The number of carbonyl (C=O) groups is 2. The zero-order chi connectivity index (χ0) is 22.1. The van der Waals surface area contributed by atoms with Gasteiger partial charge in [-0.15, -0.1) is 0 Å². The Balaban J connectivity index is 1.76. The fraction of sp³-hybridized carbons (Fsp3) is 0.455. The first kappa shape index (κ1) is 22.2. The molecule has 0 spiro atoms. The molecule has 0 unspecified atom stereocenters. The molecule has 1 aromatic heterocycles. The predicted molar refractivity (Wildman–Crippen MR) is 113 cm³/mol. The van der Waals surface area contributed by atoms with Gasteiger partial charge in [-0.25, -0.2) is 13.2 Å². The van der Waals surface area contributed by atoms with Crippen molar-refractivity contribution < 1.29 is 22.7 Å². The van der Waals surface area contributed by atoms with E-state index in [0.717, 1.165) is 30.7 Å². The highest BCUT2D eigenvalue weighted by atomic mass is 32.2. The third-order valence-electron chi connectivity index (χ3n) is 5.77. The van der Waals surface area contributed by atoms with Crippen molar-refractivity contribution in [2.45, 2.75) is 44.9 Å². The van der Waals surface area contributed by atoms with E-state index in [9.17, 15) is 18.0 Å². The van der Waals surface area contributed by atoms with E-state index in [1.54, 1.807) is 19.1 Å². The van der Waals surface area contributed by atoms with E-state index in [1.165, 1.54) is 16.4 Å². The number of piperidine rings is 1. The summed E-state index contributed by atoms with van der Waals surface area (Å²) < 4.78 is 34.6. The SMILES string of the molecule is Cc1ccc(C(=O)OCC(=O)c2cc(C)n(C)c2C)cc1S(=O)(=O)N1CCCCC1. The molecule has 0 aliphatic carbocycles. The summed E-state index contributed by atoms with van der Waals surface area (Å²) >= 11 is 0. The third kappa shape index (κ3) is 4.34. The standard InChI is InChI=1S/C22H28N2O5S/c1-15-8-9-18(13-21(15)30(27,28)24-10-6-5-7-11-24)22(26)29-14-20(25)19-12-16(2)23(4)17(19)3/h8-9,12-13H,5-7,10-11,14H2,1-4H3. The summed E-state index contributed by atoms with van der Waals surface area (Å²) in [5.74, 6) is -1.01. The second-order valence-corrected chi connectivity index (χ2v) is 9.69. The molecule has 0 atom stereocenters. The van der Waals surface area contributed by atoms with E-state index < -0.39 is 22.6 Å². The highest BCUT2D eigenvalue weighted by molar-refractivity contribution is 7.89. The Kier molecular flexibility index (Phi) is 6.47. The molecule has 0 N–H and O–H groups in total. The van der Waals surface area contributed by atoms with Gasteiger partial charge in [0.15, 0.2) is 6.61 Å². The summed E-state index contributed by atoms with van der Waals surface area (Å²) in [6.07, 6.45) is 2.69. The molecule has 1 aromatic carbocycles. The number of esters is 1. The van der Waals surface area contributed by atoms with E-state index in [0.29, 0.717) is 24.2 Å². The predicted octanol–water partition coefficient (Wildman–Crippen LogP) is 3.16. The van der Waals surface area contributed by atoms with Crippen LogP contribution in [-0.2, 0) is 21.8 Å². The van der Waals surface area contributed by atoms with Gasteiger partial charge in [0.1, 0.15) is 0 Å². The molecule has 0 bridgehead atoms. The second-order valence-electron chi connectivity index (χ2n) is 7.79. The van der Waals surface area contributed by atoms with Crippen LogP contribution in [0.1, 0.15) is 56.9 Å². The van der Waals surface area contributed by atoms with Crippen LogP contribution in [0.4, 0.5) is 0 Å². The van der Waals surface area contributed by atoms with Crippen molar-refractivity contribution in [2.75, 3.05) is 19.7 Å². The van der Waals surface area contributed by atoms with Gasteiger partial charge in [0.05, 0.1) is 10.5 Å². The smallest absolute Gasteiger partial charge is 0.338 e. The number of nitrogens with zero attached hydrogens (tertiary/aromatic N) is 2. The number of ketones is 1. The number of rotatable bonds is 6. The molecular formula is C22H28N2O5S. The Labute approximate surface area is 177 Å². The first-order valence-corrected chi connectivity index (χ1v) is 11.5. The lowest BCUT2D eigenvalue weighted by atomic mass is 10.1. The van der Waals surface area contributed by atoms with Gasteiger partial charge in [-0.3, -0.25) is 4.79 Å². The van der Waals surface area contributed by atoms with Gasteiger partial charge >= 0.3 is 5.97 Å². The van der Waals surface area contributed by atoms with Crippen LogP contribution in [0, 0.1) is 20.8 Å². The highest BCUT2D eigenvalue weighted by Crippen LogP contribution is 2.25. The van der Waals surface area contributed by atoms with Crippen LogP contribution in [-0.4, -0.2) is 48.7 Å². The largest absolute Gasteiger partial charge is 0.454 e. The average molecular weight is 433 g/mol. The summed E-state index contributed by atoms with van der Waals surface area (Å²) in [7, 11) is -1.81. The van der Waals surface area contributed by atoms with E-state index in [2.05, 4.69) is 0 Å². The first-order valence-electron chi connectivity index (χ1n) is 10.1. The molecular weight excluding hydrogens is 404 g/mol. The minimum absolute atomic E-state index is 0.111. The summed E-state index contributed by atoms with van der Waals surface area (Å²) in [6, 6.07) is 6.24.